The van der Waals surface area contributed by atoms with Gasteiger partial charge in [0.15, 0.2) is 18.4 Å². The van der Waals surface area contributed by atoms with E-state index < -0.39 is 0 Å². The molecule has 0 amide bonds. The van der Waals surface area contributed by atoms with Crippen LogP contribution in [0.1, 0.15) is 6.04 Å². The zero-order chi connectivity index (χ0) is 9.68. The van der Waals surface area contributed by atoms with E-state index in [-0.39, 0.29) is 23.2 Å². The molecule has 2 atom stereocenters. The van der Waals surface area contributed by atoms with E-state index in [1.165, 1.54) is 0 Å². The molecule has 2 N–H and O–H groups in total. The Bertz CT molecular complexity index is 243. The van der Waals surface area contributed by atoms with E-state index in [4.69, 9.17) is 10.2 Å². The average molecular weight is 294 g/mol. The number of hydrogen-bond acceptors (Lipinski definition) is 2. The molecule has 0 aliphatic rings. The van der Waals surface area contributed by atoms with Gasteiger partial charge in [-0.3, -0.25) is 0 Å². The molecule has 0 aliphatic carbocycles. The Hall–Kier alpha value is -0.200. The average Bonchev–Trinajstić information content (AvgIpc) is 2.20. The Balaban J connectivity index is 2.78. The van der Waals surface area contributed by atoms with Crippen LogP contribution in [-0.4, -0.2) is 27.4 Å². The molecule has 13 heavy (non-hydrogen) atoms. The first-order valence-corrected chi connectivity index (χ1v) is 5.35. The highest BCUT2D eigenvalue weighted by atomic mass is 127. The SMILES string of the molecule is OCC(I)C(CO)[n+]1ccccc1. The summed E-state index contributed by atoms with van der Waals surface area (Å²) < 4.78 is 1.95. The van der Waals surface area contributed by atoms with Crippen molar-refractivity contribution in [2.45, 2.75) is 9.97 Å². The van der Waals surface area contributed by atoms with Crippen molar-refractivity contribution in [3.8, 4) is 0 Å². The van der Waals surface area contributed by atoms with Gasteiger partial charge in [0.25, 0.3) is 0 Å². The lowest BCUT2D eigenvalue weighted by Gasteiger charge is -2.13. The zero-order valence-corrected chi connectivity index (χ0v) is 9.33. The molecule has 0 saturated heterocycles. The van der Waals surface area contributed by atoms with Crippen LogP contribution in [0.3, 0.4) is 0 Å². The summed E-state index contributed by atoms with van der Waals surface area (Å²) in [4.78, 5) is 0. The lowest BCUT2D eigenvalue weighted by molar-refractivity contribution is -0.723. The summed E-state index contributed by atoms with van der Waals surface area (Å²) in [5.41, 5.74) is 0. The van der Waals surface area contributed by atoms with Crippen molar-refractivity contribution in [2.75, 3.05) is 13.2 Å². The Morgan fingerprint density at radius 3 is 2.15 bits per heavy atom. The third-order valence-corrected chi connectivity index (χ3v) is 3.12. The van der Waals surface area contributed by atoms with Crippen molar-refractivity contribution in [1.82, 2.24) is 0 Å². The monoisotopic (exact) mass is 294 g/mol. The van der Waals surface area contributed by atoms with Gasteiger partial charge in [-0.2, -0.15) is 4.57 Å². The van der Waals surface area contributed by atoms with Gasteiger partial charge >= 0.3 is 0 Å². The van der Waals surface area contributed by atoms with Crippen LogP contribution in [0.5, 0.6) is 0 Å². The second-order valence-corrected chi connectivity index (χ2v) is 4.37. The third-order valence-electron chi connectivity index (χ3n) is 1.90. The number of aliphatic hydroxyl groups is 2. The van der Waals surface area contributed by atoms with Gasteiger partial charge in [0, 0.05) is 12.1 Å². The van der Waals surface area contributed by atoms with Gasteiger partial charge in [-0.15, -0.1) is 0 Å². The Kier molecular flexibility index (Phi) is 4.61. The molecule has 0 saturated carbocycles. The molecule has 1 aromatic heterocycles. The molecular weight excluding hydrogens is 281 g/mol. The molecule has 2 unspecified atom stereocenters. The Labute approximate surface area is 91.2 Å². The minimum absolute atomic E-state index is 0.0370. The number of aliphatic hydroxyl groups excluding tert-OH is 2. The number of nitrogens with zero attached hydrogens (tertiary/aromatic N) is 1. The molecule has 0 aliphatic heterocycles. The van der Waals surface area contributed by atoms with Gasteiger partial charge < -0.3 is 10.2 Å². The maximum Gasteiger partial charge on any atom is 0.194 e. The summed E-state index contributed by atoms with van der Waals surface area (Å²) in [5, 5.41) is 18.1. The van der Waals surface area contributed by atoms with Gasteiger partial charge in [-0.1, -0.05) is 28.7 Å². The molecule has 1 rings (SSSR count). The van der Waals surface area contributed by atoms with Crippen LogP contribution in [0.2, 0.25) is 0 Å². The number of rotatable bonds is 4. The second kappa shape index (κ2) is 5.51. The highest BCUT2D eigenvalue weighted by Crippen LogP contribution is 2.12. The van der Waals surface area contributed by atoms with Crippen LogP contribution in [0.15, 0.2) is 30.6 Å². The molecule has 1 aromatic rings. The summed E-state index contributed by atoms with van der Waals surface area (Å²) in [5.74, 6) is 0. The van der Waals surface area contributed by atoms with Crippen LogP contribution in [0.4, 0.5) is 0 Å². The van der Waals surface area contributed by atoms with Crippen molar-refractivity contribution >= 4 is 22.6 Å². The van der Waals surface area contributed by atoms with Crippen molar-refractivity contribution in [2.24, 2.45) is 0 Å². The third kappa shape index (κ3) is 2.89. The predicted octanol–water partition coefficient (Wildman–Crippen LogP) is 0.303. The quantitative estimate of drug-likeness (QED) is 0.477. The predicted molar refractivity (Wildman–Crippen MR) is 57.7 cm³/mol. The van der Waals surface area contributed by atoms with Gasteiger partial charge in [0.2, 0.25) is 0 Å². The summed E-state index contributed by atoms with van der Waals surface area (Å²) in [6.45, 7) is 0.122. The number of pyridine rings is 1. The maximum atomic E-state index is 9.14. The molecule has 4 heteroatoms. The van der Waals surface area contributed by atoms with Gasteiger partial charge in [0.05, 0.1) is 10.5 Å². The second-order valence-electron chi connectivity index (χ2n) is 2.77. The van der Waals surface area contributed by atoms with Crippen LogP contribution in [-0.2, 0) is 0 Å². The Morgan fingerprint density at radius 1 is 1.08 bits per heavy atom. The molecular formula is C9H13INO2+. The molecule has 0 fully saturated rings. The summed E-state index contributed by atoms with van der Waals surface area (Å²) in [6, 6.07) is 5.69. The molecule has 0 bridgehead atoms. The van der Waals surface area contributed by atoms with Gasteiger partial charge in [-0.05, 0) is 0 Å². The number of alkyl halides is 1. The molecule has 1 heterocycles. The minimum atomic E-state index is -0.0493. The smallest absolute Gasteiger partial charge is 0.194 e. The van der Waals surface area contributed by atoms with E-state index in [1.807, 2.05) is 35.2 Å². The van der Waals surface area contributed by atoms with Crippen LogP contribution in [0, 0.1) is 0 Å². The largest absolute Gasteiger partial charge is 0.395 e. The molecule has 3 nitrogen and oxygen atoms in total. The van der Waals surface area contributed by atoms with E-state index in [9.17, 15) is 0 Å². The minimum Gasteiger partial charge on any atom is -0.395 e. The van der Waals surface area contributed by atoms with Crippen molar-refractivity contribution in [3.63, 3.8) is 0 Å². The highest BCUT2D eigenvalue weighted by molar-refractivity contribution is 14.1. The summed E-state index contributed by atoms with van der Waals surface area (Å²) in [7, 11) is 0. The highest BCUT2D eigenvalue weighted by Gasteiger charge is 2.25. The standard InChI is InChI=1S/C9H13INO2/c10-8(6-12)9(7-13)11-4-2-1-3-5-11/h1-5,8-9,12-13H,6-7H2/q+1. The van der Waals surface area contributed by atoms with Crippen molar-refractivity contribution in [1.29, 1.82) is 0 Å². The summed E-state index contributed by atoms with van der Waals surface area (Å²) in [6.07, 6.45) is 3.78. The van der Waals surface area contributed by atoms with E-state index in [2.05, 4.69) is 22.6 Å². The van der Waals surface area contributed by atoms with Crippen LogP contribution in [0.25, 0.3) is 0 Å². The fraction of sp³-hybridized carbons (Fsp3) is 0.444. The molecule has 0 aromatic carbocycles. The van der Waals surface area contributed by atoms with Crippen molar-refractivity contribution < 1.29 is 14.8 Å². The fourth-order valence-electron chi connectivity index (χ4n) is 1.15. The Morgan fingerprint density at radius 2 is 1.69 bits per heavy atom. The van der Waals surface area contributed by atoms with E-state index in [1.54, 1.807) is 0 Å². The lowest BCUT2D eigenvalue weighted by Crippen LogP contribution is -2.46. The number of aromatic nitrogens is 1. The number of hydrogen-bond donors (Lipinski definition) is 2. The van der Waals surface area contributed by atoms with Crippen molar-refractivity contribution in [3.05, 3.63) is 30.6 Å². The zero-order valence-electron chi connectivity index (χ0n) is 7.18. The summed E-state index contributed by atoms with van der Waals surface area (Å²) >= 11 is 2.14. The first-order chi connectivity index (χ1) is 6.29. The lowest BCUT2D eigenvalue weighted by atomic mass is 10.2. The van der Waals surface area contributed by atoms with E-state index in [0.29, 0.717) is 0 Å². The normalized spacial score (nSPS) is 15.3. The van der Waals surface area contributed by atoms with Gasteiger partial charge in [-0.25, -0.2) is 0 Å². The molecule has 0 spiro atoms. The topological polar surface area (TPSA) is 44.3 Å². The van der Waals surface area contributed by atoms with E-state index in [0.717, 1.165) is 0 Å². The first-order valence-electron chi connectivity index (χ1n) is 4.11. The fourth-order valence-corrected chi connectivity index (χ4v) is 1.75. The number of halogens is 1. The first kappa shape index (κ1) is 10.9. The van der Waals surface area contributed by atoms with Gasteiger partial charge in [0.1, 0.15) is 6.61 Å². The molecule has 72 valence electrons. The van der Waals surface area contributed by atoms with Crippen LogP contribution >= 0.6 is 22.6 Å². The van der Waals surface area contributed by atoms with E-state index >= 15 is 0 Å². The maximum absolute atomic E-state index is 9.14. The molecule has 0 radical (unpaired) electrons. The van der Waals surface area contributed by atoms with Crippen LogP contribution < -0.4 is 4.57 Å².